The summed E-state index contributed by atoms with van der Waals surface area (Å²) in [6.45, 7) is 4.14. The fourth-order valence-electron chi connectivity index (χ4n) is 2.59. The Hall–Kier alpha value is -2.67. The molecule has 2 aromatic carbocycles. The van der Waals surface area contributed by atoms with E-state index in [0.717, 1.165) is 22.0 Å². The van der Waals surface area contributed by atoms with E-state index < -0.39 is 0 Å². The number of benzene rings is 2. The van der Waals surface area contributed by atoms with Crippen molar-refractivity contribution in [3.05, 3.63) is 64.7 Å². The van der Waals surface area contributed by atoms with E-state index >= 15 is 0 Å². The Morgan fingerprint density at radius 1 is 1.15 bits per heavy atom. The van der Waals surface area contributed by atoms with Crippen molar-refractivity contribution < 1.29 is 4.79 Å². The zero-order chi connectivity index (χ0) is 18.7. The van der Waals surface area contributed by atoms with Crippen LogP contribution in [0.25, 0.3) is 5.69 Å². The molecule has 3 rings (SSSR count). The van der Waals surface area contributed by atoms with Crippen LogP contribution in [0.15, 0.2) is 47.6 Å². The smallest absolute Gasteiger partial charge is 0.253 e. The molecule has 26 heavy (non-hydrogen) atoms. The van der Waals surface area contributed by atoms with Gasteiger partial charge in [0.05, 0.1) is 5.69 Å². The second-order valence-corrected chi connectivity index (χ2v) is 7.22. The van der Waals surface area contributed by atoms with Gasteiger partial charge in [-0.05, 0) is 59.2 Å². The molecule has 0 aliphatic carbocycles. The van der Waals surface area contributed by atoms with Crippen molar-refractivity contribution in [3.63, 3.8) is 0 Å². The Labute approximate surface area is 157 Å². The lowest BCUT2D eigenvalue weighted by atomic mass is 10.1. The van der Waals surface area contributed by atoms with Gasteiger partial charge in [0.25, 0.3) is 5.91 Å². The minimum absolute atomic E-state index is 0.00271. The number of carbonyl (C=O) groups excluding carboxylic acids is 1. The van der Waals surface area contributed by atoms with Gasteiger partial charge in [-0.15, -0.1) is 5.10 Å². The van der Waals surface area contributed by atoms with Crippen LogP contribution in [0.4, 0.5) is 0 Å². The van der Waals surface area contributed by atoms with Crippen LogP contribution >= 0.6 is 11.8 Å². The second kappa shape index (κ2) is 7.70. The van der Waals surface area contributed by atoms with Crippen LogP contribution in [-0.2, 0) is 5.75 Å². The molecule has 0 fully saturated rings. The predicted octanol–water partition coefficient (Wildman–Crippen LogP) is 3.27. The van der Waals surface area contributed by atoms with E-state index in [0.29, 0.717) is 11.3 Å². The zero-order valence-corrected chi connectivity index (χ0v) is 16.1. The summed E-state index contributed by atoms with van der Waals surface area (Å²) in [4.78, 5) is 13.7. The monoisotopic (exact) mass is 367 g/mol. The van der Waals surface area contributed by atoms with Gasteiger partial charge in [-0.3, -0.25) is 4.79 Å². The predicted molar refractivity (Wildman–Crippen MR) is 103 cm³/mol. The van der Waals surface area contributed by atoms with Crippen LogP contribution < -0.4 is 0 Å². The molecular formula is C19H21N5OS. The summed E-state index contributed by atoms with van der Waals surface area (Å²) in [7, 11) is 3.50. The maximum Gasteiger partial charge on any atom is 0.253 e. The standard InChI is InChI=1S/C19H21N5OS/c1-13-7-5-10-17(14(13)2)24-19(20-21-22-24)26-12-15-8-6-9-16(11-15)18(25)23(3)4/h5-11H,12H2,1-4H3. The molecule has 0 aliphatic rings. The molecule has 1 heterocycles. The molecule has 0 saturated heterocycles. The number of hydrogen-bond acceptors (Lipinski definition) is 5. The number of aromatic nitrogens is 4. The van der Waals surface area contributed by atoms with Gasteiger partial charge in [0, 0.05) is 25.4 Å². The van der Waals surface area contributed by atoms with E-state index in [2.05, 4.69) is 35.4 Å². The summed E-state index contributed by atoms with van der Waals surface area (Å²) in [6.07, 6.45) is 0. The number of rotatable bonds is 5. The molecule has 1 amide bonds. The van der Waals surface area contributed by atoms with E-state index in [4.69, 9.17) is 0 Å². The highest BCUT2D eigenvalue weighted by molar-refractivity contribution is 7.98. The normalized spacial score (nSPS) is 10.8. The highest BCUT2D eigenvalue weighted by Gasteiger charge is 2.13. The molecule has 0 aliphatic heterocycles. The van der Waals surface area contributed by atoms with Crippen molar-refractivity contribution in [2.75, 3.05) is 14.1 Å². The Morgan fingerprint density at radius 2 is 1.92 bits per heavy atom. The van der Waals surface area contributed by atoms with Gasteiger partial charge >= 0.3 is 0 Å². The summed E-state index contributed by atoms with van der Waals surface area (Å²) < 4.78 is 1.77. The van der Waals surface area contributed by atoms with Crippen molar-refractivity contribution in [1.82, 2.24) is 25.1 Å². The Kier molecular flexibility index (Phi) is 5.37. The van der Waals surface area contributed by atoms with Gasteiger partial charge in [-0.1, -0.05) is 36.0 Å². The number of amides is 1. The lowest BCUT2D eigenvalue weighted by molar-refractivity contribution is 0.0827. The molecule has 0 bridgehead atoms. The molecule has 0 atom stereocenters. The molecule has 1 aromatic heterocycles. The molecule has 0 unspecified atom stereocenters. The van der Waals surface area contributed by atoms with Crippen LogP contribution in [0.5, 0.6) is 0 Å². The minimum Gasteiger partial charge on any atom is -0.345 e. The first kappa shape index (κ1) is 18.1. The van der Waals surface area contributed by atoms with Gasteiger partial charge < -0.3 is 4.90 Å². The molecular weight excluding hydrogens is 346 g/mol. The van der Waals surface area contributed by atoms with Crippen molar-refractivity contribution in [3.8, 4) is 5.69 Å². The number of carbonyl (C=O) groups is 1. The van der Waals surface area contributed by atoms with Crippen LogP contribution in [0.2, 0.25) is 0 Å². The third-order valence-corrected chi connectivity index (χ3v) is 5.18. The molecule has 0 saturated carbocycles. The lowest BCUT2D eigenvalue weighted by Gasteiger charge is -2.11. The van der Waals surface area contributed by atoms with Crippen molar-refractivity contribution in [1.29, 1.82) is 0 Å². The van der Waals surface area contributed by atoms with Crippen molar-refractivity contribution in [2.24, 2.45) is 0 Å². The van der Waals surface area contributed by atoms with Gasteiger partial charge in [-0.25, -0.2) is 0 Å². The highest BCUT2D eigenvalue weighted by atomic mass is 32.2. The molecule has 0 radical (unpaired) electrons. The quantitative estimate of drug-likeness (QED) is 0.648. The van der Waals surface area contributed by atoms with Crippen molar-refractivity contribution >= 4 is 17.7 Å². The largest absolute Gasteiger partial charge is 0.345 e. The number of tetrazole rings is 1. The number of aryl methyl sites for hydroxylation is 1. The van der Waals surface area contributed by atoms with Crippen LogP contribution in [0, 0.1) is 13.8 Å². The van der Waals surface area contributed by atoms with Crippen molar-refractivity contribution in [2.45, 2.75) is 24.8 Å². The van der Waals surface area contributed by atoms with Crippen LogP contribution in [0.3, 0.4) is 0 Å². The average molecular weight is 367 g/mol. The number of thioether (sulfide) groups is 1. The minimum atomic E-state index is -0.00271. The first-order chi connectivity index (χ1) is 12.5. The van der Waals surface area contributed by atoms with E-state index in [1.54, 1.807) is 35.4 Å². The highest BCUT2D eigenvalue weighted by Crippen LogP contribution is 2.25. The van der Waals surface area contributed by atoms with Gasteiger partial charge in [-0.2, -0.15) is 4.68 Å². The van der Waals surface area contributed by atoms with Crippen LogP contribution in [0.1, 0.15) is 27.0 Å². The van der Waals surface area contributed by atoms with E-state index in [1.807, 2.05) is 36.4 Å². The molecule has 0 N–H and O–H groups in total. The summed E-state index contributed by atoms with van der Waals surface area (Å²) in [5, 5.41) is 12.9. The maximum atomic E-state index is 12.1. The van der Waals surface area contributed by atoms with E-state index in [9.17, 15) is 4.79 Å². The van der Waals surface area contributed by atoms with E-state index in [-0.39, 0.29) is 5.91 Å². The SMILES string of the molecule is Cc1cccc(-n2nnnc2SCc2cccc(C(=O)N(C)C)c2)c1C. The van der Waals surface area contributed by atoms with Gasteiger partial charge in [0.15, 0.2) is 0 Å². The fraction of sp³-hybridized carbons (Fsp3) is 0.263. The third kappa shape index (κ3) is 3.77. The number of hydrogen-bond donors (Lipinski definition) is 0. The average Bonchev–Trinajstić information content (AvgIpc) is 3.10. The topological polar surface area (TPSA) is 63.9 Å². The zero-order valence-electron chi connectivity index (χ0n) is 15.3. The summed E-state index contributed by atoms with van der Waals surface area (Å²) >= 11 is 1.55. The molecule has 0 spiro atoms. The molecule has 7 heteroatoms. The van der Waals surface area contributed by atoms with Gasteiger partial charge in [0.1, 0.15) is 0 Å². The van der Waals surface area contributed by atoms with Crippen LogP contribution in [-0.4, -0.2) is 45.1 Å². The van der Waals surface area contributed by atoms with Gasteiger partial charge in [0.2, 0.25) is 5.16 Å². The first-order valence-corrected chi connectivity index (χ1v) is 9.24. The first-order valence-electron chi connectivity index (χ1n) is 8.25. The Balaban J connectivity index is 1.80. The fourth-order valence-corrected chi connectivity index (χ4v) is 3.41. The summed E-state index contributed by atoms with van der Waals surface area (Å²) in [6, 6.07) is 13.7. The second-order valence-electron chi connectivity index (χ2n) is 6.28. The van der Waals surface area contributed by atoms with E-state index in [1.165, 1.54) is 5.56 Å². The molecule has 134 valence electrons. The molecule has 6 nitrogen and oxygen atoms in total. The summed E-state index contributed by atoms with van der Waals surface area (Å²) in [5.41, 5.74) is 5.07. The Morgan fingerprint density at radius 3 is 2.69 bits per heavy atom. The molecule has 3 aromatic rings. The lowest BCUT2D eigenvalue weighted by Crippen LogP contribution is -2.21. The maximum absolute atomic E-state index is 12.1. The number of nitrogens with zero attached hydrogens (tertiary/aromatic N) is 5. The third-order valence-electron chi connectivity index (χ3n) is 4.19. The Bertz CT molecular complexity index is 935. The summed E-state index contributed by atoms with van der Waals surface area (Å²) in [5.74, 6) is 0.678.